The van der Waals surface area contributed by atoms with Gasteiger partial charge in [0.25, 0.3) is 0 Å². The minimum atomic E-state index is 0.573. The molecule has 0 fully saturated rings. The fraction of sp³-hybridized carbons (Fsp3) is 0.0769. The fourth-order valence-corrected chi connectivity index (χ4v) is 1.56. The Labute approximate surface area is 99.6 Å². The molecule has 0 radical (unpaired) electrons. The van der Waals surface area contributed by atoms with E-state index >= 15 is 0 Å². The largest absolute Gasteiger partial charge is 0.454 e. The zero-order chi connectivity index (χ0) is 11.5. The van der Waals surface area contributed by atoms with Crippen LogP contribution in [-0.2, 0) is 0 Å². The van der Waals surface area contributed by atoms with E-state index in [-0.39, 0.29) is 0 Å². The van der Waals surface area contributed by atoms with Gasteiger partial charge in [-0.25, -0.2) is 0 Å². The molecule has 0 unspecified atom stereocenters. The van der Waals surface area contributed by atoms with Gasteiger partial charge in [-0.2, -0.15) is 0 Å². The Morgan fingerprint density at radius 3 is 2.44 bits per heavy atom. The molecule has 3 heteroatoms. The summed E-state index contributed by atoms with van der Waals surface area (Å²) in [5.74, 6) is 1.24. The van der Waals surface area contributed by atoms with Crippen molar-refractivity contribution in [3.05, 3.63) is 53.1 Å². The number of hydrogen-bond acceptors (Lipinski definition) is 2. The number of hydrogen-bond donors (Lipinski definition) is 1. The molecule has 0 amide bonds. The molecular weight excluding hydrogens is 222 g/mol. The van der Waals surface area contributed by atoms with Crippen molar-refractivity contribution in [2.24, 2.45) is 0 Å². The molecule has 2 N–H and O–H groups in total. The number of aryl methyl sites for hydroxylation is 1. The summed E-state index contributed by atoms with van der Waals surface area (Å²) in [6.07, 6.45) is 0. The van der Waals surface area contributed by atoms with E-state index in [1.807, 2.05) is 43.3 Å². The lowest BCUT2D eigenvalue weighted by Crippen LogP contribution is -1.94. The van der Waals surface area contributed by atoms with E-state index in [0.717, 1.165) is 5.56 Å². The number of benzene rings is 2. The number of nitrogen functional groups attached to an aromatic ring is 1. The molecule has 0 saturated carbocycles. The van der Waals surface area contributed by atoms with Crippen LogP contribution in [0.3, 0.4) is 0 Å². The zero-order valence-electron chi connectivity index (χ0n) is 8.91. The maximum Gasteiger partial charge on any atom is 0.150 e. The van der Waals surface area contributed by atoms with Crippen LogP contribution in [0.1, 0.15) is 5.56 Å². The highest BCUT2D eigenvalue weighted by atomic mass is 35.5. The number of ether oxygens (including phenoxy) is 1. The summed E-state index contributed by atoms with van der Waals surface area (Å²) in [6.45, 7) is 1.94. The first-order chi connectivity index (χ1) is 7.68. The number of rotatable bonds is 2. The minimum absolute atomic E-state index is 0.573. The molecule has 0 aromatic heterocycles. The van der Waals surface area contributed by atoms with Gasteiger partial charge in [0.15, 0.2) is 5.75 Å². The van der Waals surface area contributed by atoms with Gasteiger partial charge in [-0.1, -0.05) is 35.9 Å². The topological polar surface area (TPSA) is 35.2 Å². The highest BCUT2D eigenvalue weighted by Gasteiger charge is 2.06. The molecule has 2 nitrogen and oxygen atoms in total. The van der Waals surface area contributed by atoms with Gasteiger partial charge in [-0.15, -0.1) is 0 Å². The Morgan fingerprint density at radius 2 is 1.69 bits per heavy atom. The molecule has 2 aromatic carbocycles. The van der Waals surface area contributed by atoms with Crippen molar-refractivity contribution >= 4 is 17.3 Å². The quantitative estimate of drug-likeness (QED) is 0.795. The molecule has 0 bridgehead atoms. The number of anilines is 1. The standard InChI is InChI=1S/C13H12ClNO/c1-9-5-4-8-12(13(9)15)16-11-7-3-2-6-10(11)14/h2-8H,15H2,1H3. The first kappa shape index (κ1) is 10.8. The summed E-state index contributed by atoms with van der Waals surface area (Å²) in [5, 5.41) is 0.573. The second-order valence-corrected chi connectivity index (χ2v) is 3.93. The second-order valence-electron chi connectivity index (χ2n) is 3.52. The Bertz CT molecular complexity index is 511. The molecular formula is C13H12ClNO. The maximum atomic E-state index is 6.00. The molecule has 2 rings (SSSR count). The van der Waals surface area contributed by atoms with Crippen LogP contribution in [0.25, 0.3) is 0 Å². The number of halogens is 1. The van der Waals surface area contributed by atoms with Crippen molar-refractivity contribution in [2.75, 3.05) is 5.73 Å². The van der Waals surface area contributed by atoms with Crippen molar-refractivity contribution in [1.29, 1.82) is 0 Å². The third kappa shape index (κ3) is 2.12. The maximum absolute atomic E-state index is 6.00. The second kappa shape index (κ2) is 4.45. The monoisotopic (exact) mass is 233 g/mol. The molecule has 0 aliphatic rings. The molecule has 0 aliphatic carbocycles. The van der Waals surface area contributed by atoms with Crippen LogP contribution in [0.15, 0.2) is 42.5 Å². The van der Waals surface area contributed by atoms with E-state index < -0.39 is 0 Å². The van der Waals surface area contributed by atoms with Gasteiger partial charge in [-0.05, 0) is 30.7 Å². The molecule has 0 aliphatic heterocycles. The van der Waals surface area contributed by atoms with Crippen molar-refractivity contribution in [3.8, 4) is 11.5 Å². The smallest absolute Gasteiger partial charge is 0.150 e. The van der Waals surface area contributed by atoms with Crippen LogP contribution >= 0.6 is 11.6 Å². The Morgan fingerprint density at radius 1 is 1.00 bits per heavy atom. The van der Waals surface area contributed by atoms with E-state index in [0.29, 0.717) is 22.2 Å². The average molecular weight is 234 g/mol. The summed E-state index contributed by atoms with van der Waals surface area (Å²) in [4.78, 5) is 0. The van der Waals surface area contributed by atoms with Crippen LogP contribution in [0, 0.1) is 6.92 Å². The Balaban J connectivity index is 2.35. The normalized spacial score (nSPS) is 10.1. The van der Waals surface area contributed by atoms with Crippen molar-refractivity contribution < 1.29 is 4.74 Å². The van der Waals surface area contributed by atoms with E-state index in [1.165, 1.54) is 0 Å². The first-order valence-electron chi connectivity index (χ1n) is 4.96. The van der Waals surface area contributed by atoms with Gasteiger partial charge in [-0.3, -0.25) is 0 Å². The molecule has 82 valence electrons. The highest BCUT2D eigenvalue weighted by molar-refractivity contribution is 6.32. The highest BCUT2D eigenvalue weighted by Crippen LogP contribution is 2.33. The molecule has 16 heavy (non-hydrogen) atoms. The van der Waals surface area contributed by atoms with Crippen LogP contribution < -0.4 is 10.5 Å². The van der Waals surface area contributed by atoms with E-state index in [2.05, 4.69) is 0 Å². The average Bonchev–Trinajstić information content (AvgIpc) is 2.28. The molecule has 2 aromatic rings. The first-order valence-corrected chi connectivity index (χ1v) is 5.34. The Kier molecular flexibility index (Phi) is 3.02. The van der Waals surface area contributed by atoms with E-state index in [4.69, 9.17) is 22.1 Å². The predicted molar refractivity (Wildman–Crippen MR) is 67.1 cm³/mol. The third-order valence-corrected chi connectivity index (χ3v) is 2.65. The molecule has 0 heterocycles. The summed E-state index contributed by atoms with van der Waals surface area (Å²) in [6, 6.07) is 13.0. The zero-order valence-corrected chi connectivity index (χ0v) is 9.66. The predicted octanol–water partition coefficient (Wildman–Crippen LogP) is 4.02. The lowest BCUT2D eigenvalue weighted by atomic mass is 10.2. The van der Waals surface area contributed by atoms with Crippen LogP contribution in [0.4, 0.5) is 5.69 Å². The third-order valence-electron chi connectivity index (χ3n) is 2.34. The van der Waals surface area contributed by atoms with Crippen LogP contribution in [-0.4, -0.2) is 0 Å². The van der Waals surface area contributed by atoms with E-state index in [1.54, 1.807) is 6.07 Å². The van der Waals surface area contributed by atoms with Gasteiger partial charge in [0.1, 0.15) is 5.75 Å². The van der Waals surface area contributed by atoms with Crippen LogP contribution in [0.2, 0.25) is 5.02 Å². The SMILES string of the molecule is Cc1cccc(Oc2ccccc2Cl)c1N. The Hall–Kier alpha value is -1.67. The summed E-state index contributed by atoms with van der Waals surface area (Å²) in [7, 11) is 0. The molecule has 0 atom stereocenters. The lowest BCUT2D eigenvalue weighted by molar-refractivity contribution is 0.485. The van der Waals surface area contributed by atoms with Crippen LogP contribution in [0.5, 0.6) is 11.5 Å². The van der Waals surface area contributed by atoms with Crippen molar-refractivity contribution in [3.63, 3.8) is 0 Å². The molecule has 0 saturated heterocycles. The van der Waals surface area contributed by atoms with Gasteiger partial charge in [0.2, 0.25) is 0 Å². The summed E-state index contributed by atoms with van der Waals surface area (Å²) < 4.78 is 5.66. The minimum Gasteiger partial charge on any atom is -0.454 e. The lowest BCUT2D eigenvalue weighted by Gasteiger charge is -2.10. The summed E-state index contributed by atoms with van der Waals surface area (Å²) >= 11 is 6.00. The molecule has 0 spiro atoms. The van der Waals surface area contributed by atoms with Gasteiger partial charge >= 0.3 is 0 Å². The van der Waals surface area contributed by atoms with Gasteiger partial charge in [0, 0.05) is 0 Å². The van der Waals surface area contributed by atoms with E-state index in [9.17, 15) is 0 Å². The number of para-hydroxylation sites is 2. The fourth-order valence-electron chi connectivity index (χ4n) is 1.39. The number of nitrogens with two attached hydrogens (primary N) is 1. The van der Waals surface area contributed by atoms with Gasteiger partial charge in [0.05, 0.1) is 10.7 Å². The summed E-state index contributed by atoms with van der Waals surface area (Å²) in [5.41, 5.74) is 7.54. The van der Waals surface area contributed by atoms with Gasteiger partial charge < -0.3 is 10.5 Å². The van der Waals surface area contributed by atoms with Crippen molar-refractivity contribution in [1.82, 2.24) is 0 Å². The van der Waals surface area contributed by atoms with Crippen molar-refractivity contribution in [2.45, 2.75) is 6.92 Å².